The average Bonchev–Trinajstić information content (AvgIpc) is 3.12. The Labute approximate surface area is 158 Å². The zero-order chi connectivity index (χ0) is 18.6. The lowest BCUT2D eigenvalue weighted by atomic mass is 10.0. The van der Waals surface area contributed by atoms with E-state index in [0.717, 1.165) is 40.6 Å². The largest absolute Gasteiger partial charge is 0.492 e. The third kappa shape index (κ3) is 3.87. The Balaban J connectivity index is 1.45. The number of methoxy groups -OCH3 is 1. The molecule has 0 saturated carbocycles. The minimum absolute atomic E-state index is 0.234. The Morgan fingerprint density at radius 2 is 1.85 bits per heavy atom. The first-order valence-corrected chi connectivity index (χ1v) is 9.18. The molecule has 1 aliphatic heterocycles. The van der Waals surface area contributed by atoms with Crippen molar-refractivity contribution >= 4 is 16.7 Å². The highest BCUT2D eigenvalue weighted by Gasteiger charge is 2.19. The van der Waals surface area contributed by atoms with E-state index in [9.17, 15) is 4.79 Å². The molecule has 0 spiro atoms. The Bertz CT molecular complexity index is 953. The molecule has 0 unspecified atom stereocenters. The van der Waals surface area contributed by atoms with Crippen molar-refractivity contribution in [3.8, 4) is 22.8 Å². The first-order chi connectivity index (χ1) is 13.2. The van der Waals surface area contributed by atoms with Crippen molar-refractivity contribution < 1.29 is 14.3 Å². The molecule has 2 heterocycles. The number of hydrogen-bond acceptors (Lipinski definition) is 4. The average molecular weight is 362 g/mol. The van der Waals surface area contributed by atoms with Gasteiger partial charge >= 0.3 is 0 Å². The molecule has 0 N–H and O–H groups in total. The van der Waals surface area contributed by atoms with Crippen LogP contribution in [0.2, 0.25) is 0 Å². The number of fused-ring (bicyclic) bond motifs is 1. The van der Waals surface area contributed by atoms with E-state index in [1.807, 2.05) is 35.4 Å². The van der Waals surface area contributed by atoms with Crippen molar-refractivity contribution in [2.24, 2.45) is 0 Å². The monoisotopic (exact) mass is 362 g/mol. The van der Waals surface area contributed by atoms with Gasteiger partial charge in [0.1, 0.15) is 12.4 Å². The van der Waals surface area contributed by atoms with Crippen LogP contribution in [0, 0.1) is 0 Å². The highest BCUT2D eigenvalue weighted by molar-refractivity contribution is 5.88. The van der Waals surface area contributed by atoms with Crippen molar-refractivity contribution in [1.82, 2.24) is 9.88 Å². The van der Waals surface area contributed by atoms with Gasteiger partial charge in [-0.2, -0.15) is 0 Å². The number of likely N-dealkylation sites (tertiary alicyclic amines) is 1. The fourth-order valence-electron chi connectivity index (χ4n) is 3.38. The predicted molar refractivity (Wildman–Crippen MR) is 105 cm³/mol. The maximum Gasteiger partial charge on any atom is 0.222 e. The van der Waals surface area contributed by atoms with E-state index in [2.05, 4.69) is 29.2 Å². The van der Waals surface area contributed by atoms with Crippen molar-refractivity contribution in [1.29, 1.82) is 0 Å². The summed E-state index contributed by atoms with van der Waals surface area (Å²) in [5.74, 6) is 1.67. The predicted octanol–water partition coefficient (Wildman–Crippen LogP) is 3.91. The lowest BCUT2D eigenvalue weighted by Gasteiger charge is -2.16. The smallest absolute Gasteiger partial charge is 0.222 e. The van der Waals surface area contributed by atoms with Crippen molar-refractivity contribution in [3.05, 3.63) is 54.7 Å². The van der Waals surface area contributed by atoms with Crippen molar-refractivity contribution in [3.63, 3.8) is 0 Å². The van der Waals surface area contributed by atoms with Crippen LogP contribution in [0.15, 0.2) is 54.7 Å². The minimum Gasteiger partial charge on any atom is -0.492 e. The summed E-state index contributed by atoms with van der Waals surface area (Å²) in [5.41, 5.74) is 2.16. The second-order valence-electron chi connectivity index (χ2n) is 6.65. The van der Waals surface area contributed by atoms with Crippen LogP contribution >= 0.6 is 0 Å². The molecule has 138 valence electrons. The highest BCUT2D eigenvalue weighted by Crippen LogP contribution is 2.27. The van der Waals surface area contributed by atoms with Gasteiger partial charge in [0.25, 0.3) is 0 Å². The Kier molecular flexibility index (Phi) is 4.92. The molecule has 3 aromatic rings. The summed E-state index contributed by atoms with van der Waals surface area (Å²) in [5, 5.41) is 2.26. The van der Waals surface area contributed by atoms with E-state index >= 15 is 0 Å². The fourth-order valence-corrected chi connectivity index (χ4v) is 3.38. The minimum atomic E-state index is 0.234. The molecule has 1 amide bonds. The van der Waals surface area contributed by atoms with Crippen LogP contribution in [0.25, 0.3) is 21.9 Å². The first kappa shape index (κ1) is 17.3. The van der Waals surface area contributed by atoms with Gasteiger partial charge in [0, 0.05) is 30.8 Å². The molecule has 1 fully saturated rings. The Morgan fingerprint density at radius 3 is 2.59 bits per heavy atom. The van der Waals surface area contributed by atoms with E-state index in [-0.39, 0.29) is 5.91 Å². The highest BCUT2D eigenvalue weighted by atomic mass is 16.5. The van der Waals surface area contributed by atoms with Crippen LogP contribution < -0.4 is 9.47 Å². The number of ether oxygens (including phenoxy) is 2. The third-order valence-corrected chi connectivity index (χ3v) is 4.89. The van der Waals surface area contributed by atoms with Crippen LogP contribution in [0.3, 0.4) is 0 Å². The topological polar surface area (TPSA) is 51.7 Å². The van der Waals surface area contributed by atoms with Crippen LogP contribution in [-0.2, 0) is 4.79 Å². The van der Waals surface area contributed by atoms with Gasteiger partial charge in [0.2, 0.25) is 11.8 Å². The van der Waals surface area contributed by atoms with E-state index in [0.29, 0.717) is 25.5 Å². The number of nitrogens with zero attached hydrogens (tertiary/aromatic N) is 2. The normalized spacial score (nSPS) is 14.0. The van der Waals surface area contributed by atoms with Gasteiger partial charge < -0.3 is 14.4 Å². The molecule has 2 aromatic carbocycles. The van der Waals surface area contributed by atoms with Gasteiger partial charge in [-0.3, -0.25) is 4.79 Å². The molecule has 4 rings (SSSR count). The first-order valence-electron chi connectivity index (χ1n) is 9.18. The summed E-state index contributed by atoms with van der Waals surface area (Å²) in [6, 6.07) is 16.3. The maximum absolute atomic E-state index is 11.6. The van der Waals surface area contributed by atoms with Crippen LogP contribution in [0.1, 0.15) is 12.8 Å². The van der Waals surface area contributed by atoms with Gasteiger partial charge in [-0.15, -0.1) is 0 Å². The molecule has 1 aromatic heterocycles. The number of pyridine rings is 1. The molecular weight excluding hydrogens is 340 g/mol. The molecule has 5 nitrogen and oxygen atoms in total. The number of carbonyl (C=O) groups excluding carboxylic acids is 1. The summed E-state index contributed by atoms with van der Waals surface area (Å²) < 4.78 is 11.0. The van der Waals surface area contributed by atoms with E-state index in [1.165, 1.54) is 0 Å². The molecule has 5 heteroatoms. The molecular formula is C22H22N2O3. The van der Waals surface area contributed by atoms with Gasteiger partial charge in [-0.25, -0.2) is 4.98 Å². The molecule has 1 aliphatic rings. The lowest BCUT2D eigenvalue weighted by molar-refractivity contribution is -0.128. The van der Waals surface area contributed by atoms with Crippen LogP contribution in [-0.4, -0.2) is 42.6 Å². The number of carbonyl (C=O) groups is 1. The third-order valence-electron chi connectivity index (χ3n) is 4.89. The number of amides is 1. The van der Waals surface area contributed by atoms with E-state index in [4.69, 9.17) is 9.47 Å². The molecule has 0 radical (unpaired) electrons. The van der Waals surface area contributed by atoms with Gasteiger partial charge in [0.05, 0.1) is 13.7 Å². The van der Waals surface area contributed by atoms with Gasteiger partial charge in [-0.1, -0.05) is 18.2 Å². The quantitative estimate of drug-likeness (QED) is 0.667. The summed E-state index contributed by atoms with van der Waals surface area (Å²) >= 11 is 0. The van der Waals surface area contributed by atoms with Crippen molar-refractivity contribution in [2.75, 3.05) is 26.8 Å². The molecule has 0 atom stereocenters. The second kappa shape index (κ2) is 7.66. The van der Waals surface area contributed by atoms with E-state index in [1.54, 1.807) is 7.11 Å². The zero-order valence-electron chi connectivity index (χ0n) is 15.4. The van der Waals surface area contributed by atoms with Crippen molar-refractivity contribution in [2.45, 2.75) is 12.8 Å². The number of hydrogen-bond donors (Lipinski definition) is 0. The van der Waals surface area contributed by atoms with Gasteiger partial charge in [0.15, 0.2) is 0 Å². The summed E-state index contributed by atoms with van der Waals surface area (Å²) in [6.45, 7) is 2.02. The number of benzene rings is 2. The fraction of sp³-hybridized carbons (Fsp3) is 0.273. The molecule has 27 heavy (non-hydrogen) atoms. The number of rotatable bonds is 6. The SMILES string of the molecule is COc1ccc(-c2ccc3cc(OCCN4CCCC4=O)ccc3c2)cn1. The lowest BCUT2D eigenvalue weighted by Crippen LogP contribution is -2.29. The van der Waals surface area contributed by atoms with Gasteiger partial charge in [-0.05, 0) is 47.0 Å². The van der Waals surface area contributed by atoms with Crippen LogP contribution in [0.5, 0.6) is 11.6 Å². The summed E-state index contributed by atoms with van der Waals surface area (Å²) in [7, 11) is 1.61. The Hall–Kier alpha value is -3.08. The second-order valence-corrected chi connectivity index (χ2v) is 6.65. The van der Waals surface area contributed by atoms with E-state index < -0.39 is 0 Å². The standard InChI is InChI=1S/C22H22N2O3/c1-26-21-9-7-19(15-23-21)17-4-5-18-14-20(8-6-16(18)13-17)27-12-11-24-10-2-3-22(24)25/h4-9,13-15H,2-3,10-12H2,1H3. The Morgan fingerprint density at radius 1 is 1.04 bits per heavy atom. The maximum atomic E-state index is 11.6. The summed E-state index contributed by atoms with van der Waals surface area (Å²) in [6.07, 6.45) is 3.44. The molecule has 0 bridgehead atoms. The summed E-state index contributed by atoms with van der Waals surface area (Å²) in [4.78, 5) is 17.8. The zero-order valence-corrected chi connectivity index (χ0v) is 15.4. The van der Waals surface area contributed by atoms with Crippen LogP contribution in [0.4, 0.5) is 0 Å². The molecule has 0 aliphatic carbocycles. The number of aromatic nitrogens is 1. The molecule has 1 saturated heterocycles.